The topological polar surface area (TPSA) is 58.8 Å². The van der Waals surface area contributed by atoms with Gasteiger partial charge in [-0.15, -0.1) is 0 Å². The summed E-state index contributed by atoms with van der Waals surface area (Å²) in [6.07, 6.45) is 1.71. The van der Waals surface area contributed by atoms with Crippen LogP contribution in [0.1, 0.15) is 24.0 Å². The second kappa shape index (κ2) is 6.03. The van der Waals surface area contributed by atoms with Gasteiger partial charge in [0, 0.05) is 50.7 Å². The maximum Gasteiger partial charge on any atom is 0.222 e. The first-order chi connectivity index (χ1) is 10.2. The van der Waals surface area contributed by atoms with E-state index in [9.17, 15) is 4.79 Å². The number of carbonyl (C=O) groups excluding carboxylic acids is 1. The third-order valence-corrected chi connectivity index (χ3v) is 4.55. The summed E-state index contributed by atoms with van der Waals surface area (Å²) in [6.45, 7) is 4.14. The molecule has 2 aliphatic heterocycles. The average molecular weight is 289 g/mol. The summed E-state index contributed by atoms with van der Waals surface area (Å²) >= 11 is 0. The van der Waals surface area contributed by atoms with Gasteiger partial charge in [-0.1, -0.05) is 6.07 Å². The predicted octanol–water partition coefficient (Wildman–Crippen LogP) is 0.960. The first kappa shape index (κ1) is 14.4. The molecule has 0 bridgehead atoms. The Hall–Kier alpha value is -1.59. The van der Waals surface area contributed by atoms with E-state index in [1.165, 1.54) is 5.56 Å². The van der Waals surface area contributed by atoms with Gasteiger partial charge in [-0.3, -0.25) is 9.69 Å². The van der Waals surface area contributed by atoms with Gasteiger partial charge >= 0.3 is 0 Å². The van der Waals surface area contributed by atoms with E-state index >= 15 is 0 Å². The van der Waals surface area contributed by atoms with E-state index in [0.717, 1.165) is 43.9 Å². The van der Waals surface area contributed by atoms with Crippen LogP contribution in [0.3, 0.4) is 0 Å². The highest BCUT2D eigenvalue weighted by Gasteiger charge is 2.35. The molecule has 0 aliphatic carbocycles. The van der Waals surface area contributed by atoms with Gasteiger partial charge in [0.25, 0.3) is 0 Å². The smallest absolute Gasteiger partial charge is 0.222 e. The average Bonchev–Trinajstić information content (AvgIpc) is 2.88. The number of carbonyl (C=O) groups is 1. The molecule has 1 aromatic carbocycles. The highest BCUT2D eigenvalue weighted by molar-refractivity contribution is 5.78. The van der Waals surface area contributed by atoms with Crippen LogP contribution < -0.4 is 10.5 Å². The van der Waals surface area contributed by atoms with Crippen LogP contribution in [0.2, 0.25) is 0 Å². The minimum atomic E-state index is 0.322. The number of methoxy groups -OCH3 is 1. The number of fused-ring (bicyclic) bond motifs is 1. The first-order valence-electron chi connectivity index (χ1n) is 7.59. The van der Waals surface area contributed by atoms with Crippen molar-refractivity contribution >= 4 is 5.91 Å². The molecule has 0 spiro atoms. The van der Waals surface area contributed by atoms with Crippen LogP contribution in [0.5, 0.6) is 5.75 Å². The van der Waals surface area contributed by atoms with Gasteiger partial charge in [0.05, 0.1) is 7.11 Å². The van der Waals surface area contributed by atoms with Gasteiger partial charge < -0.3 is 15.4 Å². The fourth-order valence-electron chi connectivity index (χ4n) is 3.40. The van der Waals surface area contributed by atoms with Gasteiger partial charge in [0.15, 0.2) is 0 Å². The van der Waals surface area contributed by atoms with Crippen molar-refractivity contribution < 1.29 is 9.53 Å². The van der Waals surface area contributed by atoms with E-state index in [1.54, 1.807) is 7.11 Å². The molecule has 0 saturated carbocycles. The molecule has 2 N–H and O–H groups in total. The second-order valence-corrected chi connectivity index (χ2v) is 5.87. The Morgan fingerprint density at radius 2 is 2.24 bits per heavy atom. The zero-order chi connectivity index (χ0) is 14.8. The molecule has 1 unspecified atom stereocenters. The molecule has 1 atom stereocenters. The maximum atomic E-state index is 11.7. The van der Waals surface area contributed by atoms with Gasteiger partial charge in [0.2, 0.25) is 5.91 Å². The molecule has 2 aliphatic rings. The van der Waals surface area contributed by atoms with E-state index < -0.39 is 0 Å². The molecule has 2 saturated heterocycles. The molecule has 2 fully saturated rings. The molecular formula is C16H23N3O2. The summed E-state index contributed by atoms with van der Waals surface area (Å²) < 4.78 is 5.46. The highest BCUT2D eigenvalue weighted by atomic mass is 16.5. The molecule has 0 radical (unpaired) electrons. The number of ether oxygens (including phenoxy) is 1. The Bertz CT molecular complexity index is 532. The standard InChI is InChI=1S/C16H23N3O2/c1-21-15-4-2-12(9-17)8-13(15)10-18-6-7-19-14(11-18)3-5-16(19)20/h2,4,8,14H,3,5-7,9-11,17H2,1H3. The summed E-state index contributed by atoms with van der Waals surface area (Å²) in [5, 5.41) is 0. The van der Waals surface area contributed by atoms with Crippen molar-refractivity contribution in [2.45, 2.75) is 32.0 Å². The van der Waals surface area contributed by atoms with Crippen molar-refractivity contribution in [3.63, 3.8) is 0 Å². The minimum absolute atomic E-state index is 0.322. The van der Waals surface area contributed by atoms with Gasteiger partial charge in [-0.2, -0.15) is 0 Å². The third kappa shape index (κ3) is 2.89. The molecule has 1 aromatic rings. The lowest BCUT2D eigenvalue weighted by Crippen LogP contribution is -2.50. The van der Waals surface area contributed by atoms with Crippen molar-refractivity contribution in [2.75, 3.05) is 26.7 Å². The number of nitrogens with two attached hydrogens (primary N) is 1. The summed E-state index contributed by atoms with van der Waals surface area (Å²) in [4.78, 5) is 16.2. The van der Waals surface area contributed by atoms with Crippen LogP contribution in [0, 0.1) is 0 Å². The summed E-state index contributed by atoms with van der Waals surface area (Å²) in [6, 6.07) is 6.53. The van der Waals surface area contributed by atoms with Crippen molar-refractivity contribution in [2.24, 2.45) is 5.73 Å². The van der Waals surface area contributed by atoms with Crippen molar-refractivity contribution in [3.05, 3.63) is 29.3 Å². The fourth-order valence-corrected chi connectivity index (χ4v) is 3.40. The van der Waals surface area contributed by atoms with Gasteiger partial charge in [-0.25, -0.2) is 0 Å². The molecule has 1 amide bonds. The molecule has 5 nitrogen and oxygen atoms in total. The second-order valence-electron chi connectivity index (χ2n) is 5.87. The number of amides is 1. The number of benzene rings is 1. The van der Waals surface area contributed by atoms with Gasteiger partial charge in [0.1, 0.15) is 5.75 Å². The number of hydrogen-bond acceptors (Lipinski definition) is 4. The fraction of sp³-hybridized carbons (Fsp3) is 0.562. The predicted molar refractivity (Wildman–Crippen MR) is 80.9 cm³/mol. The molecular weight excluding hydrogens is 266 g/mol. The van der Waals surface area contributed by atoms with Gasteiger partial charge in [-0.05, 0) is 24.1 Å². The highest BCUT2D eigenvalue weighted by Crippen LogP contribution is 2.26. The summed E-state index contributed by atoms with van der Waals surface area (Å²) in [7, 11) is 1.70. The summed E-state index contributed by atoms with van der Waals surface area (Å²) in [5.74, 6) is 1.24. The van der Waals surface area contributed by atoms with Crippen LogP contribution in [0.4, 0.5) is 0 Å². The largest absolute Gasteiger partial charge is 0.496 e. The number of rotatable bonds is 4. The maximum absolute atomic E-state index is 11.7. The number of piperazine rings is 1. The van der Waals surface area contributed by atoms with Crippen LogP contribution >= 0.6 is 0 Å². The molecule has 0 aromatic heterocycles. The van der Waals surface area contributed by atoms with Crippen molar-refractivity contribution in [3.8, 4) is 5.75 Å². The SMILES string of the molecule is COc1ccc(CN)cc1CN1CCN2C(=O)CCC2C1. The van der Waals surface area contributed by atoms with E-state index in [0.29, 0.717) is 24.9 Å². The molecule has 2 heterocycles. The van der Waals surface area contributed by atoms with Crippen LogP contribution in [-0.2, 0) is 17.9 Å². The Morgan fingerprint density at radius 3 is 3.00 bits per heavy atom. The molecule has 21 heavy (non-hydrogen) atoms. The third-order valence-electron chi connectivity index (χ3n) is 4.55. The molecule has 114 valence electrons. The lowest BCUT2D eigenvalue weighted by molar-refractivity contribution is -0.130. The molecule has 5 heteroatoms. The van der Waals surface area contributed by atoms with E-state index in [1.807, 2.05) is 17.0 Å². The zero-order valence-electron chi connectivity index (χ0n) is 12.5. The van der Waals surface area contributed by atoms with Crippen LogP contribution in [-0.4, -0.2) is 48.5 Å². The van der Waals surface area contributed by atoms with E-state index in [2.05, 4.69) is 11.0 Å². The number of hydrogen-bond donors (Lipinski definition) is 1. The summed E-state index contributed by atoms with van der Waals surface area (Å²) in [5.41, 5.74) is 8.03. The number of nitrogens with zero attached hydrogens (tertiary/aromatic N) is 2. The lowest BCUT2D eigenvalue weighted by atomic mass is 10.1. The van der Waals surface area contributed by atoms with Crippen LogP contribution in [0.25, 0.3) is 0 Å². The Balaban J connectivity index is 1.71. The normalized spacial score (nSPS) is 22.5. The molecule has 3 rings (SSSR count). The monoisotopic (exact) mass is 289 g/mol. The van der Waals surface area contributed by atoms with Crippen molar-refractivity contribution in [1.82, 2.24) is 9.80 Å². The van der Waals surface area contributed by atoms with Crippen LogP contribution in [0.15, 0.2) is 18.2 Å². The van der Waals surface area contributed by atoms with Crippen molar-refractivity contribution in [1.29, 1.82) is 0 Å². The Morgan fingerprint density at radius 1 is 1.38 bits per heavy atom. The quantitative estimate of drug-likeness (QED) is 0.897. The zero-order valence-corrected chi connectivity index (χ0v) is 12.5. The Kier molecular flexibility index (Phi) is 4.12. The first-order valence-corrected chi connectivity index (χ1v) is 7.59. The Labute approximate surface area is 125 Å². The van der Waals surface area contributed by atoms with E-state index in [-0.39, 0.29) is 0 Å². The minimum Gasteiger partial charge on any atom is -0.496 e. The lowest BCUT2D eigenvalue weighted by Gasteiger charge is -2.37. The van der Waals surface area contributed by atoms with E-state index in [4.69, 9.17) is 10.5 Å².